The number of amides is 1. The number of alkyl halides is 3. The van der Waals surface area contributed by atoms with Gasteiger partial charge in [-0.15, -0.1) is 25.6 Å². The third-order valence-electron chi connectivity index (χ3n) is 3.67. The van der Waals surface area contributed by atoms with Crippen molar-refractivity contribution in [3.63, 3.8) is 0 Å². The van der Waals surface area contributed by atoms with Crippen molar-refractivity contribution in [3.8, 4) is 5.75 Å². The summed E-state index contributed by atoms with van der Waals surface area (Å²) >= 11 is 1.09. The Morgan fingerprint density at radius 3 is 2.55 bits per heavy atom. The van der Waals surface area contributed by atoms with Crippen molar-refractivity contribution in [1.29, 1.82) is 0 Å². The summed E-state index contributed by atoms with van der Waals surface area (Å²) in [4.78, 5) is 20.6. The fraction of sp³-hybridized carbons (Fsp3) is 0.353. The molecule has 7 nitrogen and oxygen atoms in total. The van der Waals surface area contributed by atoms with E-state index in [4.69, 9.17) is 4.52 Å². The van der Waals surface area contributed by atoms with E-state index in [1.54, 1.807) is 6.92 Å². The van der Waals surface area contributed by atoms with Crippen LogP contribution in [0.25, 0.3) is 10.2 Å². The molecule has 0 unspecified atom stereocenters. The van der Waals surface area contributed by atoms with Crippen molar-refractivity contribution in [1.82, 2.24) is 15.0 Å². The molecule has 158 valence electrons. The van der Waals surface area contributed by atoms with Gasteiger partial charge in [0.15, 0.2) is 5.13 Å². The van der Waals surface area contributed by atoms with Gasteiger partial charge in [0.05, 0.1) is 15.9 Å². The molecule has 0 saturated heterocycles. The lowest BCUT2D eigenvalue weighted by Gasteiger charge is -2.20. The minimum atomic E-state index is -4.78. The molecule has 3 rings (SSSR count). The summed E-state index contributed by atoms with van der Waals surface area (Å²) in [5.41, 5.74) is 1.03. The Morgan fingerprint density at radius 2 is 1.97 bits per heavy atom. The highest BCUT2D eigenvalue weighted by molar-refractivity contribution is 7.22. The number of hydrogen-bond acceptors (Lipinski definition) is 7. The minimum Gasteiger partial charge on any atom is -0.406 e. The summed E-state index contributed by atoms with van der Waals surface area (Å²) < 4.78 is 46.8. The van der Waals surface area contributed by atoms with E-state index in [-0.39, 0.29) is 23.9 Å². The second kappa shape index (κ2) is 8.97. The summed E-state index contributed by atoms with van der Waals surface area (Å²) in [7, 11) is 3.72. The Bertz CT molecular complexity index is 990. The van der Waals surface area contributed by atoms with Crippen LogP contribution in [0.3, 0.4) is 0 Å². The summed E-state index contributed by atoms with van der Waals surface area (Å²) in [5, 5.41) is 4.07. The topological polar surface area (TPSA) is 71.7 Å². The maximum absolute atomic E-state index is 12.9. The zero-order valence-corrected chi connectivity index (χ0v) is 17.3. The molecule has 1 aromatic carbocycles. The first-order chi connectivity index (χ1) is 13.1. The number of anilines is 1. The number of carbonyl (C=O) groups is 1. The maximum Gasteiger partial charge on any atom is 0.573 e. The molecule has 0 saturated carbocycles. The van der Waals surface area contributed by atoms with Crippen LogP contribution in [0, 0.1) is 6.92 Å². The Kier molecular flexibility index (Phi) is 7.09. The molecule has 0 spiro atoms. The standard InChI is InChI=1S/C17H17F3N4O3S.ClH/c1-10-8-13(27-22-10)15(25)24(7-6-23(2)3)16-21-12-5-4-11(9-14(12)28-16)26-17(18,19)20;/h4-5,8-9H,6-7H2,1-3H3;1H. The summed E-state index contributed by atoms with van der Waals surface area (Å²) in [5.74, 6) is -0.697. The van der Waals surface area contributed by atoms with Gasteiger partial charge in [-0.2, -0.15) is 0 Å². The highest BCUT2D eigenvalue weighted by Crippen LogP contribution is 2.33. The smallest absolute Gasteiger partial charge is 0.406 e. The first-order valence-electron chi connectivity index (χ1n) is 8.18. The van der Waals surface area contributed by atoms with Gasteiger partial charge in [-0.05, 0) is 33.2 Å². The number of aromatic nitrogens is 2. The first kappa shape index (κ1) is 22.9. The SMILES string of the molecule is Cc1cc(C(=O)N(CCN(C)C)c2nc3ccc(OC(F)(F)F)cc3s2)on1.Cl. The molecule has 1 amide bonds. The van der Waals surface area contributed by atoms with Crippen LogP contribution in [0.1, 0.15) is 16.2 Å². The molecule has 0 bridgehead atoms. The average Bonchev–Trinajstić information content (AvgIpc) is 3.18. The molecular formula is C17H18ClF3N4O3S. The van der Waals surface area contributed by atoms with Crippen molar-refractivity contribution >= 4 is 45.0 Å². The number of thiazole rings is 1. The van der Waals surface area contributed by atoms with Crippen molar-refractivity contribution in [2.24, 2.45) is 0 Å². The van der Waals surface area contributed by atoms with E-state index in [2.05, 4.69) is 14.9 Å². The minimum absolute atomic E-state index is 0. The predicted octanol–water partition coefficient (Wildman–Crippen LogP) is 4.12. The molecular weight excluding hydrogens is 433 g/mol. The van der Waals surface area contributed by atoms with Gasteiger partial charge in [0, 0.05) is 25.2 Å². The largest absolute Gasteiger partial charge is 0.573 e. The van der Waals surface area contributed by atoms with E-state index in [1.807, 2.05) is 19.0 Å². The highest BCUT2D eigenvalue weighted by Gasteiger charge is 2.31. The average molecular weight is 451 g/mol. The van der Waals surface area contributed by atoms with Gasteiger partial charge in [-0.1, -0.05) is 16.5 Å². The van der Waals surface area contributed by atoms with Crippen molar-refractivity contribution in [3.05, 3.63) is 35.7 Å². The molecule has 0 N–H and O–H groups in total. The molecule has 2 heterocycles. The van der Waals surface area contributed by atoms with Crippen molar-refractivity contribution in [2.75, 3.05) is 32.1 Å². The number of ether oxygens (including phenoxy) is 1. The molecule has 0 aliphatic rings. The van der Waals surface area contributed by atoms with E-state index in [1.165, 1.54) is 29.2 Å². The van der Waals surface area contributed by atoms with Gasteiger partial charge in [0.2, 0.25) is 5.76 Å². The van der Waals surface area contributed by atoms with Gasteiger partial charge in [0.1, 0.15) is 5.75 Å². The van der Waals surface area contributed by atoms with Crippen molar-refractivity contribution < 1.29 is 27.2 Å². The zero-order chi connectivity index (χ0) is 20.5. The van der Waals surface area contributed by atoms with Crippen LogP contribution in [0.4, 0.5) is 18.3 Å². The van der Waals surface area contributed by atoms with Crippen molar-refractivity contribution in [2.45, 2.75) is 13.3 Å². The van der Waals surface area contributed by atoms with Crippen LogP contribution >= 0.6 is 23.7 Å². The van der Waals surface area contributed by atoms with Crippen LogP contribution in [-0.4, -0.2) is 54.5 Å². The predicted molar refractivity (Wildman–Crippen MR) is 105 cm³/mol. The molecule has 3 aromatic rings. The Hall–Kier alpha value is -2.37. The summed E-state index contributed by atoms with van der Waals surface area (Å²) in [6.45, 7) is 2.57. The van der Waals surface area contributed by atoms with Gasteiger partial charge in [-0.3, -0.25) is 9.69 Å². The van der Waals surface area contributed by atoms with Crippen LogP contribution in [0.15, 0.2) is 28.8 Å². The molecule has 29 heavy (non-hydrogen) atoms. The fourth-order valence-corrected chi connectivity index (χ4v) is 3.41. The van der Waals surface area contributed by atoms with Gasteiger partial charge < -0.3 is 14.2 Å². The van der Waals surface area contributed by atoms with E-state index in [9.17, 15) is 18.0 Å². The number of aryl methyl sites for hydroxylation is 1. The number of halogens is 4. The maximum atomic E-state index is 12.9. The molecule has 0 atom stereocenters. The van der Waals surface area contributed by atoms with Crippen LogP contribution < -0.4 is 9.64 Å². The zero-order valence-electron chi connectivity index (χ0n) is 15.7. The monoisotopic (exact) mass is 450 g/mol. The molecule has 2 aromatic heterocycles. The lowest BCUT2D eigenvalue weighted by atomic mass is 10.3. The quantitative estimate of drug-likeness (QED) is 0.562. The van der Waals surface area contributed by atoms with Crippen LogP contribution in [-0.2, 0) is 0 Å². The number of rotatable bonds is 6. The molecule has 0 aliphatic heterocycles. The van der Waals surface area contributed by atoms with Crippen LogP contribution in [0.2, 0.25) is 0 Å². The van der Waals surface area contributed by atoms with Gasteiger partial charge >= 0.3 is 6.36 Å². The second-order valence-corrected chi connectivity index (χ2v) is 7.28. The first-order valence-corrected chi connectivity index (χ1v) is 9.00. The molecule has 0 fully saturated rings. The van der Waals surface area contributed by atoms with E-state index >= 15 is 0 Å². The third kappa shape index (κ3) is 5.81. The van der Waals surface area contributed by atoms with E-state index in [0.29, 0.717) is 34.1 Å². The molecule has 0 aliphatic carbocycles. The van der Waals surface area contributed by atoms with E-state index in [0.717, 1.165) is 11.3 Å². The third-order valence-corrected chi connectivity index (χ3v) is 4.71. The lowest BCUT2D eigenvalue weighted by Crippen LogP contribution is -2.36. The fourth-order valence-electron chi connectivity index (χ4n) is 2.39. The van der Waals surface area contributed by atoms with Gasteiger partial charge in [0.25, 0.3) is 5.91 Å². The Morgan fingerprint density at radius 1 is 1.24 bits per heavy atom. The second-order valence-electron chi connectivity index (χ2n) is 6.27. The Balaban J connectivity index is 0.00000300. The molecule has 0 radical (unpaired) electrons. The summed E-state index contributed by atoms with van der Waals surface area (Å²) in [6, 6.07) is 5.37. The normalized spacial score (nSPS) is 11.6. The number of nitrogens with zero attached hydrogens (tertiary/aromatic N) is 4. The van der Waals surface area contributed by atoms with Gasteiger partial charge in [-0.25, -0.2) is 4.98 Å². The van der Waals surface area contributed by atoms with E-state index < -0.39 is 12.3 Å². The lowest BCUT2D eigenvalue weighted by molar-refractivity contribution is -0.274. The summed E-state index contributed by atoms with van der Waals surface area (Å²) in [6.07, 6.45) is -4.78. The Labute approximate surface area is 174 Å². The highest BCUT2D eigenvalue weighted by atomic mass is 35.5. The number of hydrogen-bond donors (Lipinski definition) is 0. The number of likely N-dealkylation sites (N-methyl/N-ethyl adjacent to an activating group) is 1. The molecule has 12 heteroatoms. The number of benzene rings is 1. The number of carbonyl (C=O) groups excluding carboxylic acids is 1. The van der Waals surface area contributed by atoms with Crippen LogP contribution in [0.5, 0.6) is 5.75 Å². The number of fused-ring (bicyclic) bond motifs is 1.